The fourth-order valence-electron chi connectivity index (χ4n) is 5.50. The van der Waals surface area contributed by atoms with E-state index in [0.717, 1.165) is 59.6 Å². The summed E-state index contributed by atoms with van der Waals surface area (Å²) >= 11 is 0. The Kier molecular flexibility index (Phi) is 4.59. The molecule has 2 bridgehead atoms. The topological polar surface area (TPSA) is 64.4 Å². The van der Waals surface area contributed by atoms with Crippen molar-refractivity contribution in [1.82, 2.24) is 14.5 Å². The van der Waals surface area contributed by atoms with Crippen LogP contribution in [-0.4, -0.2) is 40.1 Å². The molecule has 3 aromatic rings. The number of amides is 1. The van der Waals surface area contributed by atoms with Gasteiger partial charge in [-0.05, 0) is 66.6 Å². The van der Waals surface area contributed by atoms with Gasteiger partial charge in [-0.15, -0.1) is 0 Å². The average Bonchev–Trinajstić information content (AvgIpc) is 2.84. The predicted molar refractivity (Wildman–Crippen MR) is 121 cm³/mol. The van der Waals surface area contributed by atoms with Gasteiger partial charge in [0.1, 0.15) is 5.75 Å². The van der Waals surface area contributed by atoms with Crippen LogP contribution >= 0.6 is 0 Å². The molecule has 2 aromatic heterocycles. The van der Waals surface area contributed by atoms with Gasteiger partial charge in [0.25, 0.3) is 11.5 Å². The van der Waals surface area contributed by atoms with Gasteiger partial charge in [-0.2, -0.15) is 0 Å². The quantitative estimate of drug-likeness (QED) is 0.628. The highest BCUT2D eigenvalue weighted by molar-refractivity contribution is 5.94. The first-order valence-electron chi connectivity index (χ1n) is 11.4. The van der Waals surface area contributed by atoms with E-state index in [9.17, 15) is 9.59 Å². The van der Waals surface area contributed by atoms with Crippen molar-refractivity contribution in [3.05, 3.63) is 82.0 Å². The number of aromatic nitrogens is 2. The van der Waals surface area contributed by atoms with Crippen molar-refractivity contribution < 1.29 is 9.53 Å². The SMILES string of the molecule is O=C(c1ccc2c(c1)CCCO2)N1C[C@@H]2C[C@H](C1)c1cc(-c3cccnc3)cc(=O)n1C2. The van der Waals surface area contributed by atoms with Gasteiger partial charge in [0.2, 0.25) is 0 Å². The molecule has 3 aliphatic rings. The molecule has 6 nitrogen and oxygen atoms in total. The lowest BCUT2D eigenvalue weighted by Crippen LogP contribution is -2.49. The van der Waals surface area contributed by atoms with Gasteiger partial charge in [-0.3, -0.25) is 14.6 Å². The summed E-state index contributed by atoms with van der Waals surface area (Å²) in [7, 11) is 0. The van der Waals surface area contributed by atoms with Crippen molar-refractivity contribution in [1.29, 1.82) is 0 Å². The minimum Gasteiger partial charge on any atom is -0.493 e. The van der Waals surface area contributed by atoms with E-state index in [2.05, 4.69) is 11.1 Å². The van der Waals surface area contributed by atoms with E-state index in [-0.39, 0.29) is 17.4 Å². The Balaban J connectivity index is 1.30. The summed E-state index contributed by atoms with van der Waals surface area (Å²) in [5, 5.41) is 0. The van der Waals surface area contributed by atoms with E-state index in [1.54, 1.807) is 18.5 Å². The zero-order chi connectivity index (χ0) is 21.7. The summed E-state index contributed by atoms with van der Waals surface area (Å²) < 4.78 is 7.61. The molecule has 1 saturated heterocycles. The van der Waals surface area contributed by atoms with Crippen LogP contribution < -0.4 is 10.3 Å². The zero-order valence-electron chi connectivity index (χ0n) is 17.9. The third kappa shape index (κ3) is 3.30. The van der Waals surface area contributed by atoms with Crippen molar-refractivity contribution >= 4 is 5.91 Å². The van der Waals surface area contributed by atoms with Crippen molar-refractivity contribution in [2.24, 2.45) is 5.92 Å². The molecule has 0 spiro atoms. The molecule has 32 heavy (non-hydrogen) atoms. The Hall–Kier alpha value is -3.41. The third-order valence-electron chi connectivity index (χ3n) is 6.99. The molecule has 0 aliphatic carbocycles. The fraction of sp³-hybridized carbons (Fsp3) is 0.346. The normalized spacial score (nSPS) is 21.3. The summed E-state index contributed by atoms with van der Waals surface area (Å²) in [6.07, 6.45) is 6.47. The molecule has 1 aromatic carbocycles. The van der Waals surface area contributed by atoms with Crippen LogP contribution in [0.5, 0.6) is 5.75 Å². The van der Waals surface area contributed by atoms with Crippen LogP contribution in [0.15, 0.2) is 59.7 Å². The van der Waals surface area contributed by atoms with Crippen molar-refractivity contribution in [3.8, 4) is 16.9 Å². The third-order valence-corrected chi connectivity index (χ3v) is 6.99. The monoisotopic (exact) mass is 427 g/mol. The number of likely N-dealkylation sites (tertiary alicyclic amines) is 1. The van der Waals surface area contributed by atoms with Crippen molar-refractivity contribution in [2.45, 2.75) is 31.7 Å². The maximum absolute atomic E-state index is 13.4. The molecule has 1 amide bonds. The number of hydrogen-bond acceptors (Lipinski definition) is 4. The molecule has 6 heteroatoms. The maximum atomic E-state index is 13.4. The van der Waals surface area contributed by atoms with E-state index in [0.29, 0.717) is 25.6 Å². The molecule has 3 aliphatic heterocycles. The number of aryl methyl sites for hydroxylation is 1. The number of benzene rings is 1. The summed E-state index contributed by atoms with van der Waals surface area (Å²) in [4.78, 5) is 32.5. The highest BCUT2D eigenvalue weighted by Crippen LogP contribution is 2.37. The van der Waals surface area contributed by atoms with Crippen LogP contribution in [0, 0.1) is 5.92 Å². The number of pyridine rings is 2. The molecule has 0 saturated carbocycles. The number of nitrogens with zero attached hydrogens (tertiary/aromatic N) is 3. The van der Waals surface area contributed by atoms with Crippen LogP contribution in [0.4, 0.5) is 0 Å². The highest BCUT2D eigenvalue weighted by atomic mass is 16.5. The maximum Gasteiger partial charge on any atom is 0.253 e. The molecule has 0 unspecified atom stereocenters. The number of fused-ring (bicyclic) bond motifs is 5. The molecular formula is C26H25N3O3. The molecule has 6 rings (SSSR count). The van der Waals surface area contributed by atoms with Crippen LogP contribution in [0.2, 0.25) is 0 Å². The first-order valence-corrected chi connectivity index (χ1v) is 11.4. The average molecular weight is 428 g/mol. The van der Waals surface area contributed by atoms with Gasteiger partial charge >= 0.3 is 0 Å². The molecule has 2 atom stereocenters. The van der Waals surface area contributed by atoms with E-state index >= 15 is 0 Å². The molecular weight excluding hydrogens is 402 g/mol. The second kappa shape index (κ2) is 7.62. The van der Waals surface area contributed by atoms with Gasteiger partial charge in [0.15, 0.2) is 0 Å². The Morgan fingerprint density at radius 3 is 2.88 bits per heavy atom. The lowest BCUT2D eigenvalue weighted by molar-refractivity contribution is 0.0594. The van der Waals surface area contributed by atoms with Crippen LogP contribution in [0.25, 0.3) is 11.1 Å². The predicted octanol–water partition coefficient (Wildman–Crippen LogP) is 3.49. The smallest absolute Gasteiger partial charge is 0.253 e. The minimum absolute atomic E-state index is 0.0329. The molecule has 0 radical (unpaired) electrons. The first kappa shape index (κ1) is 19.3. The van der Waals surface area contributed by atoms with Gasteiger partial charge in [0, 0.05) is 60.8 Å². The number of ether oxygens (including phenoxy) is 1. The second-order valence-corrected chi connectivity index (χ2v) is 9.14. The van der Waals surface area contributed by atoms with E-state index in [4.69, 9.17) is 4.74 Å². The summed E-state index contributed by atoms with van der Waals surface area (Å²) in [5.74, 6) is 1.44. The Labute approximate surface area is 186 Å². The molecule has 162 valence electrons. The van der Waals surface area contributed by atoms with Gasteiger partial charge in [-0.25, -0.2) is 0 Å². The summed E-state index contributed by atoms with van der Waals surface area (Å²) in [6.45, 7) is 2.74. The highest BCUT2D eigenvalue weighted by Gasteiger charge is 2.37. The number of piperidine rings is 1. The van der Waals surface area contributed by atoms with E-state index < -0.39 is 0 Å². The fourth-order valence-corrected chi connectivity index (χ4v) is 5.50. The first-order chi connectivity index (χ1) is 15.7. The van der Waals surface area contributed by atoms with Crippen LogP contribution in [0.3, 0.4) is 0 Å². The lowest BCUT2D eigenvalue weighted by Gasteiger charge is -2.43. The molecule has 1 fully saturated rings. The lowest BCUT2D eigenvalue weighted by atomic mass is 9.82. The van der Waals surface area contributed by atoms with Crippen LogP contribution in [0.1, 0.15) is 40.4 Å². The van der Waals surface area contributed by atoms with Crippen LogP contribution in [-0.2, 0) is 13.0 Å². The number of hydrogen-bond donors (Lipinski definition) is 0. The minimum atomic E-state index is 0.0329. The van der Waals surface area contributed by atoms with E-state index in [1.807, 2.05) is 39.8 Å². The summed E-state index contributed by atoms with van der Waals surface area (Å²) in [6, 6.07) is 13.5. The largest absolute Gasteiger partial charge is 0.493 e. The number of carbonyl (C=O) groups excluding carboxylic acids is 1. The zero-order valence-corrected chi connectivity index (χ0v) is 17.9. The van der Waals surface area contributed by atoms with Gasteiger partial charge in [0.05, 0.1) is 6.61 Å². The molecule has 5 heterocycles. The van der Waals surface area contributed by atoms with E-state index in [1.165, 1.54) is 0 Å². The molecule has 0 N–H and O–H groups in total. The van der Waals surface area contributed by atoms with Gasteiger partial charge < -0.3 is 14.2 Å². The standard InChI is InChI=1S/C26H25N3O3/c30-25-12-21(20-3-1-7-27-13-20)11-23-22-9-17(15-29(23)25)14-28(16-22)26(31)19-5-6-24-18(10-19)4-2-8-32-24/h1,3,5-7,10-13,17,22H,2,4,8-9,14-16H2/t17-,22+/m0/s1. The Morgan fingerprint density at radius 2 is 2.00 bits per heavy atom. The van der Waals surface area contributed by atoms with Gasteiger partial charge in [-0.1, -0.05) is 6.07 Å². The Bertz CT molecular complexity index is 1250. The Morgan fingerprint density at radius 1 is 1.06 bits per heavy atom. The summed E-state index contributed by atoms with van der Waals surface area (Å²) in [5.41, 5.74) is 4.75. The number of carbonyl (C=O) groups is 1. The van der Waals surface area contributed by atoms with Crippen molar-refractivity contribution in [2.75, 3.05) is 19.7 Å². The number of rotatable bonds is 2. The second-order valence-electron chi connectivity index (χ2n) is 9.14. The van der Waals surface area contributed by atoms with Crippen molar-refractivity contribution in [3.63, 3.8) is 0 Å².